The maximum Gasteiger partial charge on any atom is 0.251 e. The number of aromatic nitrogens is 2. The molecule has 0 unspecified atom stereocenters. The first-order valence-corrected chi connectivity index (χ1v) is 15.4. The van der Waals surface area contributed by atoms with Crippen LogP contribution in [0.3, 0.4) is 0 Å². The summed E-state index contributed by atoms with van der Waals surface area (Å²) < 4.78 is 2.13. The molecule has 0 radical (unpaired) electrons. The van der Waals surface area contributed by atoms with E-state index in [2.05, 4.69) is 70.0 Å². The van der Waals surface area contributed by atoms with Crippen LogP contribution in [0.5, 0.6) is 0 Å². The van der Waals surface area contributed by atoms with E-state index in [9.17, 15) is 4.79 Å². The van der Waals surface area contributed by atoms with Gasteiger partial charge in [0.05, 0.1) is 10.7 Å². The van der Waals surface area contributed by atoms with Crippen molar-refractivity contribution in [1.82, 2.24) is 24.7 Å². The number of hydrogen-bond acceptors (Lipinski definition) is 5. The molecule has 0 atom stereocenters. The summed E-state index contributed by atoms with van der Waals surface area (Å²) in [7, 11) is 8.46. The second kappa shape index (κ2) is 11.7. The van der Waals surface area contributed by atoms with Crippen LogP contribution in [0.25, 0.3) is 33.4 Å². The lowest BCUT2D eigenvalue weighted by atomic mass is 9.95. The lowest BCUT2D eigenvalue weighted by Crippen LogP contribution is -2.50. The minimum absolute atomic E-state index is 0.0352. The molecule has 1 aliphatic carbocycles. The summed E-state index contributed by atoms with van der Waals surface area (Å²) in [5, 5.41) is 4.80. The van der Waals surface area contributed by atoms with Gasteiger partial charge in [-0.2, -0.15) is 0 Å². The van der Waals surface area contributed by atoms with E-state index in [0.717, 1.165) is 72.4 Å². The highest BCUT2D eigenvalue weighted by molar-refractivity contribution is 6.37. The summed E-state index contributed by atoms with van der Waals surface area (Å²) in [5.74, 6) is -0.0352. The number of nitrogens with zero attached hydrogens (tertiary/aromatic N) is 5. The Morgan fingerprint density at radius 3 is 2.21 bits per heavy atom. The molecule has 1 saturated heterocycles. The van der Waals surface area contributed by atoms with Gasteiger partial charge in [-0.15, -0.1) is 0 Å². The Hall–Kier alpha value is -3.39. The predicted molar refractivity (Wildman–Crippen MR) is 174 cm³/mol. The number of benzene rings is 2. The van der Waals surface area contributed by atoms with Gasteiger partial charge < -0.3 is 24.6 Å². The highest BCUT2D eigenvalue weighted by Gasteiger charge is 2.36. The van der Waals surface area contributed by atoms with Crippen molar-refractivity contribution in [2.75, 3.05) is 58.8 Å². The van der Waals surface area contributed by atoms with Gasteiger partial charge in [-0.3, -0.25) is 4.79 Å². The Morgan fingerprint density at radius 1 is 0.929 bits per heavy atom. The van der Waals surface area contributed by atoms with Gasteiger partial charge in [0.25, 0.3) is 5.91 Å². The first-order chi connectivity index (χ1) is 20.3. The number of rotatable bonds is 7. The van der Waals surface area contributed by atoms with E-state index in [-0.39, 0.29) is 11.4 Å². The molecule has 220 valence electrons. The zero-order valence-corrected chi connectivity index (χ0v) is 25.9. The SMILES string of the molecule is CN1CCN(c2ccc(-c3c(-c4ccc(C(=O)NCC5(N(C)C)CCCC5)cc4)c4c(Cl)ccnc4n3C)cc2)CC1. The number of aryl methyl sites for hydroxylation is 1. The van der Waals surface area contributed by atoms with E-state index in [1.165, 1.54) is 18.5 Å². The standard InChI is InChI=1S/C34H41ClN6O/c1-38(2)34(16-5-6-17-34)23-37-33(42)26-9-7-24(8-10-26)29-30-28(35)15-18-36-32(30)40(4)31(29)25-11-13-27(14-12-25)41-21-19-39(3)20-22-41/h7-15,18H,5-6,16-17,19-23H2,1-4H3,(H,37,42). The predicted octanol–water partition coefficient (Wildman–Crippen LogP) is 5.92. The first-order valence-electron chi connectivity index (χ1n) is 15.0. The van der Waals surface area contributed by atoms with Crippen LogP contribution in [-0.2, 0) is 7.05 Å². The van der Waals surface area contributed by atoms with Gasteiger partial charge >= 0.3 is 0 Å². The highest BCUT2D eigenvalue weighted by Crippen LogP contribution is 2.43. The van der Waals surface area contributed by atoms with Crippen LogP contribution >= 0.6 is 11.6 Å². The molecular weight excluding hydrogens is 544 g/mol. The molecule has 0 bridgehead atoms. The summed E-state index contributed by atoms with van der Waals surface area (Å²) in [4.78, 5) is 25.0. The van der Waals surface area contributed by atoms with Crippen LogP contribution in [0.2, 0.25) is 5.02 Å². The van der Waals surface area contributed by atoms with Crippen LogP contribution in [-0.4, -0.2) is 84.7 Å². The quantitative estimate of drug-likeness (QED) is 0.292. The molecule has 42 heavy (non-hydrogen) atoms. The largest absolute Gasteiger partial charge is 0.369 e. The Bertz CT molecular complexity index is 1560. The molecule has 0 spiro atoms. The summed E-state index contributed by atoms with van der Waals surface area (Å²) in [5.41, 5.74) is 6.99. The van der Waals surface area contributed by atoms with Gasteiger partial charge in [0.15, 0.2) is 0 Å². The number of fused-ring (bicyclic) bond motifs is 1. The van der Waals surface area contributed by atoms with Gasteiger partial charge in [0.1, 0.15) is 5.65 Å². The van der Waals surface area contributed by atoms with Crippen LogP contribution in [0.4, 0.5) is 5.69 Å². The number of nitrogens with one attached hydrogen (secondary N) is 1. The molecule has 2 aromatic heterocycles. The smallest absolute Gasteiger partial charge is 0.251 e. The normalized spacial score (nSPS) is 17.3. The fourth-order valence-corrected chi connectivity index (χ4v) is 7.01. The molecule has 1 N–H and O–H groups in total. The number of piperazine rings is 1. The number of hydrogen-bond donors (Lipinski definition) is 1. The van der Waals surface area contributed by atoms with Crippen molar-refractivity contribution < 1.29 is 4.79 Å². The van der Waals surface area contributed by atoms with Gasteiger partial charge in [-0.1, -0.05) is 48.7 Å². The number of likely N-dealkylation sites (N-methyl/N-ethyl adjacent to an activating group) is 2. The van der Waals surface area contributed by atoms with Crippen LogP contribution in [0, 0.1) is 0 Å². The molecule has 2 aliphatic rings. The molecule has 1 saturated carbocycles. The summed E-state index contributed by atoms with van der Waals surface area (Å²) in [6.07, 6.45) is 6.42. The Kier molecular flexibility index (Phi) is 8.01. The molecule has 8 heteroatoms. The molecule has 7 nitrogen and oxygen atoms in total. The van der Waals surface area contributed by atoms with Crippen molar-refractivity contribution in [2.24, 2.45) is 7.05 Å². The second-order valence-corrected chi connectivity index (χ2v) is 12.6. The minimum Gasteiger partial charge on any atom is -0.369 e. The molecule has 2 fully saturated rings. The van der Waals surface area contributed by atoms with E-state index >= 15 is 0 Å². The zero-order valence-electron chi connectivity index (χ0n) is 25.2. The molecule has 6 rings (SSSR count). The third kappa shape index (κ3) is 5.30. The topological polar surface area (TPSA) is 56.6 Å². The summed E-state index contributed by atoms with van der Waals surface area (Å²) >= 11 is 6.82. The number of carbonyl (C=O) groups excluding carboxylic acids is 1. The Morgan fingerprint density at radius 2 is 1.57 bits per heavy atom. The van der Waals surface area contributed by atoms with Crippen molar-refractivity contribution >= 4 is 34.2 Å². The van der Waals surface area contributed by atoms with Crippen molar-refractivity contribution in [3.05, 3.63) is 71.4 Å². The van der Waals surface area contributed by atoms with E-state index in [0.29, 0.717) is 17.1 Å². The average molecular weight is 585 g/mol. The lowest BCUT2D eigenvalue weighted by Gasteiger charge is -2.36. The summed E-state index contributed by atoms with van der Waals surface area (Å²) in [6, 6.07) is 18.6. The number of anilines is 1. The lowest BCUT2D eigenvalue weighted by molar-refractivity contribution is 0.0900. The highest BCUT2D eigenvalue weighted by atomic mass is 35.5. The fraction of sp³-hybridized carbons (Fsp3) is 0.412. The molecular formula is C34H41ClN6O. The van der Waals surface area contributed by atoms with Crippen molar-refractivity contribution in [1.29, 1.82) is 0 Å². The van der Waals surface area contributed by atoms with E-state index in [1.807, 2.05) is 37.4 Å². The third-order valence-corrected chi connectivity index (χ3v) is 9.84. The maximum absolute atomic E-state index is 13.2. The Labute approximate surface area is 254 Å². The number of amides is 1. The van der Waals surface area contributed by atoms with Crippen LogP contribution in [0.15, 0.2) is 60.8 Å². The van der Waals surface area contributed by atoms with E-state index in [4.69, 9.17) is 16.6 Å². The van der Waals surface area contributed by atoms with Crippen molar-refractivity contribution in [3.8, 4) is 22.4 Å². The third-order valence-electron chi connectivity index (χ3n) is 9.53. The number of pyridine rings is 1. The van der Waals surface area contributed by atoms with Gasteiger partial charge in [0.2, 0.25) is 0 Å². The first kappa shape index (κ1) is 28.7. The van der Waals surface area contributed by atoms with Crippen LogP contribution < -0.4 is 10.2 Å². The zero-order chi connectivity index (χ0) is 29.4. The van der Waals surface area contributed by atoms with Gasteiger partial charge in [0, 0.05) is 73.7 Å². The maximum atomic E-state index is 13.2. The number of carbonyl (C=O) groups is 1. The minimum atomic E-state index is -0.0352. The van der Waals surface area contributed by atoms with E-state index in [1.54, 1.807) is 6.20 Å². The van der Waals surface area contributed by atoms with Gasteiger partial charge in [-0.05, 0) is 75.4 Å². The summed E-state index contributed by atoms with van der Waals surface area (Å²) in [6.45, 7) is 4.88. The number of halogens is 1. The van der Waals surface area contributed by atoms with E-state index < -0.39 is 0 Å². The molecule has 3 heterocycles. The molecule has 1 aliphatic heterocycles. The average Bonchev–Trinajstić information content (AvgIpc) is 3.61. The van der Waals surface area contributed by atoms with Gasteiger partial charge in [-0.25, -0.2) is 4.98 Å². The monoisotopic (exact) mass is 584 g/mol. The fourth-order valence-electron chi connectivity index (χ4n) is 6.77. The second-order valence-electron chi connectivity index (χ2n) is 12.2. The molecule has 4 aromatic rings. The molecule has 1 amide bonds. The van der Waals surface area contributed by atoms with Crippen molar-refractivity contribution in [3.63, 3.8) is 0 Å². The Balaban J connectivity index is 1.31. The molecule has 2 aromatic carbocycles. The van der Waals surface area contributed by atoms with Crippen molar-refractivity contribution in [2.45, 2.75) is 31.2 Å². The van der Waals surface area contributed by atoms with Crippen LogP contribution in [0.1, 0.15) is 36.0 Å².